The number of methoxy groups -OCH3 is 3. The lowest BCUT2D eigenvalue weighted by Crippen LogP contribution is -2.80. The number of aromatic nitrogens is 1. The number of fused-ring (bicyclic) bond motifs is 6. The SMILES string of the molecule is CCC1=CC2C[C@](C(=O)OC)(c3cc4c(cc3OC)N(C)[C@H]3[C@@](O)(C(=O)OC)[C@H](O)[C@]5(CC)C=CCN6CC[C@]43[C@@H]65)c3[nH]c4ccccc4c3C[N+]([O-])(C1)C2. The van der Waals surface area contributed by atoms with Crippen molar-refractivity contribution in [2.24, 2.45) is 11.3 Å². The fraction of sp³-hybridized carbons (Fsp3) is 0.535. The predicted molar refractivity (Wildman–Crippen MR) is 206 cm³/mol. The summed E-state index contributed by atoms with van der Waals surface area (Å²) in [6.45, 7) is 6.31. The third kappa shape index (κ3) is 4.40. The molecule has 2 unspecified atom stereocenters. The van der Waals surface area contributed by atoms with Gasteiger partial charge in [-0.3, -0.25) is 9.69 Å². The number of hydrogen-bond acceptors (Lipinski definition) is 10. The number of para-hydroxylation sites is 1. The van der Waals surface area contributed by atoms with Crippen molar-refractivity contribution in [2.75, 3.05) is 59.5 Å². The lowest BCUT2D eigenvalue weighted by molar-refractivity contribution is -0.894. The zero-order valence-electron chi connectivity index (χ0n) is 32.6. The van der Waals surface area contributed by atoms with E-state index in [2.05, 4.69) is 29.0 Å². The minimum atomic E-state index is -2.30. The third-order valence-electron chi connectivity index (χ3n) is 14.7. The highest BCUT2D eigenvalue weighted by molar-refractivity contribution is 5.95. The van der Waals surface area contributed by atoms with E-state index in [1.165, 1.54) is 14.2 Å². The molecule has 9 atom stereocenters. The highest BCUT2D eigenvalue weighted by Crippen LogP contribution is 2.67. The molecule has 5 aliphatic heterocycles. The standard InChI is InChI=1S/C43H52N4O8/c1-7-25-18-26-21-42(38(49)54-5,34-28(24-47(52,22-25)23-26)27-12-9-10-13-31(27)44-34)30-19-29-32(20-33(30)53-4)45(3)36-41(29)15-17-46-16-11-14-40(8-2,35(41)46)37(48)43(36,51)39(50)55-6/h9-14,18-20,26,35-37,44,48,51H,7-8,15-17,21-24H2,1-6H3/t26?,35-,36+,37+,40+,41+,42-,43-,47?/m0/s1. The van der Waals surface area contributed by atoms with Gasteiger partial charge in [0.05, 0.1) is 33.9 Å². The van der Waals surface area contributed by atoms with Crippen molar-refractivity contribution in [1.29, 1.82) is 0 Å². The van der Waals surface area contributed by atoms with Crippen LogP contribution in [0.5, 0.6) is 5.75 Å². The van der Waals surface area contributed by atoms with Gasteiger partial charge in [0.15, 0.2) is 0 Å². The van der Waals surface area contributed by atoms with E-state index in [1.807, 2.05) is 61.4 Å². The van der Waals surface area contributed by atoms with Crippen LogP contribution in [-0.2, 0) is 36.4 Å². The number of aliphatic hydroxyl groups excluding tert-OH is 1. The van der Waals surface area contributed by atoms with E-state index in [1.54, 1.807) is 7.11 Å². The van der Waals surface area contributed by atoms with E-state index in [-0.39, 0.29) is 24.9 Å². The maximum absolute atomic E-state index is 15.1. The average Bonchev–Trinajstić information content (AvgIpc) is 3.84. The molecule has 6 aliphatic rings. The first-order valence-electron chi connectivity index (χ1n) is 19.6. The van der Waals surface area contributed by atoms with E-state index < -0.39 is 50.6 Å². The normalized spacial score (nSPS) is 37.3. The molecule has 1 saturated carbocycles. The Labute approximate surface area is 321 Å². The van der Waals surface area contributed by atoms with Crippen molar-refractivity contribution in [2.45, 2.75) is 80.7 Å². The number of aromatic amines is 1. The maximum Gasteiger partial charge on any atom is 0.342 e. The van der Waals surface area contributed by atoms with Crippen LogP contribution >= 0.6 is 0 Å². The van der Waals surface area contributed by atoms with E-state index >= 15 is 4.79 Å². The minimum absolute atomic E-state index is 0.181. The van der Waals surface area contributed by atoms with Crippen LogP contribution in [0.25, 0.3) is 10.9 Å². The molecule has 1 aliphatic carbocycles. The van der Waals surface area contributed by atoms with Gasteiger partial charge in [-0.2, -0.15) is 0 Å². The van der Waals surface area contributed by atoms with Crippen molar-refractivity contribution in [3.8, 4) is 5.75 Å². The first-order valence-corrected chi connectivity index (χ1v) is 19.6. The molecule has 12 nitrogen and oxygen atoms in total. The van der Waals surface area contributed by atoms with Gasteiger partial charge in [0, 0.05) is 75.9 Å². The lowest BCUT2D eigenvalue weighted by atomic mass is 9.47. The Morgan fingerprint density at radius 3 is 2.53 bits per heavy atom. The van der Waals surface area contributed by atoms with E-state index in [9.17, 15) is 20.2 Å². The van der Waals surface area contributed by atoms with Crippen molar-refractivity contribution in [3.63, 3.8) is 0 Å². The number of benzene rings is 2. The fourth-order valence-corrected chi connectivity index (χ4v) is 12.8. The summed E-state index contributed by atoms with van der Waals surface area (Å²) in [7, 11) is 6.09. The van der Waals surface area contributed by atoms with Gasteiger partial charge >= 0.3 is 11.9 Å². The Morgan fingerprint density at radius 1 is 1.05 bits per heavy atom. The number of carbonyl (C=O) groups excluding carboxylic acids is 2. The van der Waals surface area contributed by atoms with Gasteiger partial charge in [0.2, 0.25) is 5.60 Å². The number of likely N-dealkylation sites (N-methyl/N-ethyl adjacent to an activating group) is 1. The highest BCUT2D eigenvalue weighted by Gasteiger charge is 2.79. The first-order chi connectivity index (χ1) is 26.3. The maximum atomic E-state index is 15.1. The molecular formula is C43H52N4O8. The zero-order valence-corrected chi connectivity index (χ0v) is 32.6. The second-order valence-corrected chi connectivity index (χ2v) is 17.0. The monoisotopic (exact) mass is 752 g/mol. The molecule has 9 rings (SSSR count). The van der Waals surface area contributed by atoms with Crippen molar-refractivity contribution >= 4 is 28.5 Å². The molecule has 0 amide bonds. The second kappa shape index (κ2) is 12.1. The summed E-state index contributed by atoms with van der Waals surface area (Å²) in [4.78, 5) is 37.0. The average molecular weight is 753 g/mol. The minimum Gasteiger partial charge on any atom is -0.632 e. The molecule has 292 valence electrons. The number of carbonyl (C=O) groups is 2. The Bertz CT molecular complexity index is 2180. The molecule has 2 aromatic carbocycles. The summed E-state index contributed by atoms with van der Waals surface area (Å²) in [5.41, 5.74) is -0.0877. The van der Waals surface area contributed by atoms with Crippen LogP contribution in [-0.4, -0.2) is 115 Å². The molecule has 1 aromatic heterocycles. The Hall–Kier alpha value is -4.20. The van der Waals surface area contributed by atoms with Crippen LogP contribution in [0.2, 0.25) is 0 Å². The number of H-pyrrole nitrogens is 1. The smallest absolute Gasteiger partial charge is 0.342 e. The number of esters is 2. The van der Waals surface area contributed by atoms with Gasteiger partial charge in [-0.05, 0) is 55.5 Å². The van der Waals surface area contributed by atoms with Crippen LogP contribution in [0.1, 0.15) is 61.9 Å². The number of rotatable bonds is 6. The van der Waals surface area contributed by atoms with Crippen LogP contribution < -0.4 is 9.64 Å². The number of nitrogens with zero attached hydrogens (tertiary/aromatic N) is 3. The third-order valence-corrected chi connectivity index (χ3v) is 14.7. The van der Waals surface area contributed by atoms with E-state index in [0.717, 1.165) is 39.7 Å². The van der Waals surface area contributed by atoms with Crippen LogP contribution in [0.3, 0.4) is 0 Å². The number of anilines is 1. The second-order valence-electron chi connectivity index (χ2n) is 17.0. The number of quaternary nitrogens is 1. The summed E-state index contributed by atoms with van der Waals surface area (Å²) >= 11 is 0. The van der Waals surface area contributed by atoms with E-state index in [0.29, 0.717) is 56.0 Å². The van der Waals surface area contributed by atoms with Gasteiger partial charge in [-0.1, -0.05) is 50.3 Å². The van der Waals surface area contributed by atoms with Crippen molar-refractivity contribution in [1.82, 2.24) is 9.88 Å². The number of aliphatic hydroxyl groups is 2. The molecule has 2 bridgehead atoms. The number of hydrogen-bond donors (Lipinski definition) is 3. The molecule has 3 N–H and O–H groups in total. The molecule has 1 saturated heterocycles. The molecule has 2 fully saturated rings. The summed E-state index contributed by atoms with van der Waals surface area (Å²) in [5, 5.41) is 40.9. The van der Waals surface area contributed by atoms with Gasteiger partial charge in [-0.15, -0.1) is 0 Å². The van der Waals surface area contributed by atoms with Gasteiger partial charge in [-0.25, -0.2) is 4.79 Å². The molecular weight excluding hydrogens is 700 g/mol. The molecule has 1 spiro atoms. The fourth-order valence-electron chi connectivity index (χ4n) is 12.8. The van der Waals surface area contributed by atoms with Crippen LogP contribution in [0, 0.1) is 16.5 Å². The molecule has 3 aromatic rings. The van der Waals surface area contributed by atoms with Gasteiger partial charge in [0.1, 0.15) is 30.4 Å². The number of ether oxygens (including phenoxy) is 3. The highest BCUT2D eigenvalue weighted by atomic mass is 16.6. The molecule has 6 heterocycles. The molecule has 0 radical (unpaired) electrons. The lowest BCUT2D eigenvalue weighted by Gasteiger charge is -2.63. The zero-order chi connectivity index (χ0) is 38.9. The van der Waals surface area contributed by atoms with Crippen LogP contribution in [0.4, 0.5) is 5.69 Å². The Morgan fingerprint density at radius 2 is 1.82 bits per heavy atom. The number of hydroxylamine groups is 3. The van der Waals surface area contributed by atoms with Gasteiger partial charge in [0.25, 0.3) is 0 Å². The summed E-state index contributed by atoms with van der Waals surface area (Å²) in [6, 6.07) is 10.7. The number of nitrogens with one attached hydrogen (secondary N) is 1. The predicted octanol–water partition coefficient (Wildman–Crippen LogP) is 4.20. The first kappa shape index (κ1) is 36.4. The molecule has 12 heteroatoms. The Balaban J connectivity index is 1.38. The van der Waals surface area contributed by atoms with Crippen molar-refractivity contribution < 1.29 is 38.7 Å². The summed E-state index contributed by atoms with van der Waals surface area (Å²) in [6.07, 6.45) is 6.83. The van der Waals surface area contributed by atoms with Crippen LogP contribution in [0.15, 0.2) is 60.2 Å². The quantitative estimate of drug-likeness (QED) is 0.145. The summed E-state index contributed by atoms with van der Waals surface area (Å²) < 4.78 is 17.1. The van der Waals surface area contributed by atoms with E-state index in [4.69, 9.17) is 14.2 Å². The topological polar surface area (TPSA) is 148 Å². The van der Waals surface area contributed by atoms with Crippen molar-refractivity contribution in [3.05, 3.63) is 87.8 Å². The molecule has 55 heavy (non-hydrogen) atoms. The van der Waals surface area contributed by atoms with Gasteiger partial charge < -0.3 is 44.2 Å². The largest absolute Gasteiger partial charge is 0.632 e. The Kier molecular flexibility index (Phi) is 8.05. The summed E-state index contributed by atoms with van der Waals surface area (Å²) in [5.74, 6) is -1.16.